The van der Waals surface area contributed by atoms with Crippen molar-refractivity contribution in [2.45, 2.75) is 72.3 Å². The molecule has 2 rings (SSSR count). The molecule has 3 heteroatoms. The minimum Gasteiger partial charge on any atom is -0.507 e. The molecule has 0 atom stereocenters. The van der Waals surface area contributed by atoms with Gasteiger partial charge in [0.25, 0.3) is 0 Å². The van der Waals surface area contributed by atoms with E-state index < -0.39 is 0 Å². The summed E-state index contributed by atoms with van der Waals surface area (Å²) in [6.07, 6.45) is 3.09. The van der Waals surface area contributed by atoms with E-state index >= 15 is 0 Å². The van der Waals surface area contributed by atoms with Gasteiger partial charge >= 0.3 is 0 Å². The first-order valence-corrected chi connectivity index (χ1v) is 8.46. The maximum Gasteiger partial charge on any atom is 0.123 e. The van der Waals surface area contributed by atoms with E-state index in [9.17, 15) is 5.11 Å². The molecule has 0 fully saturated rings. The molecule has 0 aliphatic heterocycles. The van der Waals surface area contributed by atoms with Gasteiger partial charge in [0, 0.05) is 29.4 Å². The summed E-state index contributed by atoms with van der Waals surface area (Å²) < 4.78 is 1.98. The summed E-state index contributed by atoms with van der Waals surface area (Å²) in [6, 6.07) is 6.23. The van der Waals surface area contributed by atoms with Crippen molar-refractivity contribution < 1.29 is 5.11 Å². The number of phenolic OH excluding ortho intramolecular Hbond substituents is 1. The number of hydrogen-bond donors (Lipinski definition) is 1. The topological polar surface area (TPSA) is 38.0 Å². The van der Waals surface area contributed by atoms with Crippen LogP contribution in [-0.4, -0.2) is 14.9 Å². The lowest BCUT2D eigenvalue weighted by molar-refractivity contribution is 0.423. The molecule has 2 aromatic rings. The summed E-state index contributed by atoms with van der Waals surface area (Å²) >= 11 is 0. The maximum absolute atomic E-state index is 10.8. The van der Waals surface area contributed by atoms with Crippen molar-refractivity contribution in [2.24, 2.45) is 0 Å². The average molecular weight is 314 g/mol. The fraction of sp³-hybridized carbons (Fsp3) is 0.550. The Kier molecular flexibility index (Phi) is 4.61. The molecule has 23 heavy (non-hydrogen) atoms. The largest absolute Gasteiger partial charge is 0.507 e. The molecule has 0 aliphatic carbocycles. The molecule has 0 saturated carbocycles. The van der Waals surface area contributed by atoms with Crippen LogP contribution in [0, 0.1) is 0 Å². The maximum atomic E-state index is 10.8. The van der Waals surface area contributed by atoms with E-state index in [0.717, 1.165) is 35.3 Å². The number of aromatic hydroxyl groups is 1. The summed E-state index contributed by atoms with van der Waals surface area (Å²) in [5.74, 6) is 0.418. The van der Waals surface area contributed by atoms with Crippen molar-refractivity contribution in [3.8, 4) is 17.0 Å². The van der Waals surface area contributed by atoms with Gasteiger partial charge in [-0.15, -0.1) is 0 Å². The molecule has 0 amide bonds. The van der Waals surface area contributed by atoms with E-state index in [1.165, 1.54) is 0 Å². The molecular formula is C20H30N2O. The molecule has 0 unspecified atom stereocenters. The van der Waals surface area contributed by atoms with Crippen LogP contribution in [0.25, 0.3) is 11.3 Å². The Morgan fingerprint density at radius 3 is 1.96 bits per heavy atom. The third-order valence-electron chi connectivity index (χ3n) is 4.12. The van der Waals surface area contributed by atoms with Crippen LogP contribution in [-0.2, 0) is 17.4 Å². The van der Waals surface area contributed by atoms with Crippen LogP contribution < -0.4 is 0 Å². The molecule has 0 saturated heterocycles. The number of benzene rings is 1. The zero-order chi connectivity index (χ0) is 17.4. The van der Waals surface area contributed by atoms with Gasteiger partial charge < -0.3 is 5.11 Å². The van der Waals surface area contributed by atoms with Gasteiger partial charge in [-0.25, -0.2) is 0 Å². The quantitative estimate of drug-likeness (QED) is 0.839. The van der Waals surface area contributed by atoms with Gasteiger partial charge in [-0.1, -0.05) is 48.5 Å². The van der Waals surface area contributed by atoms with Gasteiger partial charge in [0.15, 0.2) is 0 Å². The van der Waals surface area contributed by atoms with Crippen molar-refractivity contribution in [1.29, 1.82) is 0 Å². The van der Waals surface area contributed by atoms with Gasteiger partial charge in [0.2, 0.25) is 0 Å². The summed E-state index contributed by atoms with van der Waals surface area (Å²) in [5.41, 5.74) is 3.76. The fourth-order valence-electron chi connectivity index (χ4n) is 2.80. The van der Waals surface area contributed by atoms with Crippen LogP contribution in [0.4, 0.5) is 0 Å². The third-order valence-corrected chi connectivity index (χ3v) is 4.12. The zero-order valence-corrected chi connectivity index (χ0v) is 15.6. The van der Waals surface area contributed by atoms with E-state index in [1.807, 2.05) is 10.9 Å². The van der Waals surface area contributed by atoms with Gasteiger partial charge in [-0.3, -0.25) is 4.68 Å². The highest BCUT2D eigenvalue weighted by molar-refractivity contribution is 5.66. The number of rotatable bonds is 3. The van der Waals surface area contributed by atoms with Crippen molar-refractivity contribution >= 4 is 0 Å². The lowest BCUT2D eigenvalue weighted by Gasteiger charge is -2.28. The smallest absolute Gasteiger partial charge is 0.123 e. The first kappa shape index (κ1) is 17.6. The van der Waals surface area contributed by atoms with Crippen LogP contribution in [0.5, 0.6) is 5.75 Å². The molecule has 1 aromatic carbocycles. The normalized spacial score (nSPS) is 12.7. The highest BCUT2D eigenvalue weighted by Crippen LogP contribution is 2.41. The summed E-state index contributed by atoms with van der Waals surface area (Å²) in [7, 11) is 0. The fourth-order valence-corrected chi connectivity index (χ4v) is 2.80. The van der Waals surface area contributed by atoms with Crippen LogP contribution >= 0.6 is 0 Å². The van der Waals surface area contributed by atoms with Gasteiger partial charge in [0.05, 0.1) is 5.69 Å². The lowest BCUT2D eigenvalue weighted by atomic mass is 9.78. The second kappa shape index (κ2) is 6.03. The Labute approximate surface area is 140 Å². The number of phenols is 1. The van der Waals surface area contributed by atoms with Gasteiger partial charge in [-0.2, -0.15) is 5.10 Å². The van der Waals surface area contributed by atoms with Crippen LogP contribution in [0.15, 0.2) is 24.4 Å². The molecule has 0 radical (unpaired) electrons. The molecule has 1 heterocycles. The average Bonchev–Trinajstić information content (AvgIpc) is 2.85. The Bertz CT molecular complexity index is 649. The summed E-state index contributed by atoms with van der Waals surface area (Å²) in [6.45, 7) is 15.9. The summed E-state index contributed by atoms with van der Waals surface area (Å²) in [5, 5.41) is 15.5. The molecule has 0 spiro atoms. The predicted octanol–water partition coefficient (Wildman–Crippen LogP) is 5.26. The molecule has 126 valence electrons. The van der Waals surface area contributed by atoms with Crippen molar-refractivity contribution in [1.82, 2.24) is 9.78 Å². The molecular weight excluding hydrogens is 284 g/mol. The van der Waals surface area contributed by atoms with Crippen molar-refractivity contribution in [2.75, 3.05) is 0 Å². The minimum atomic E-state index is -0.119. The van der Waals surface area contributed by atoms with Gasteiger partial charge in [-0.05, 0) is 35.4 Å². The number of hydrogen-bond acceptors (Lipinski definition) is 2. The Morgan fingerprint density at radius 1 is 1.00 bits per heavy atom. The first-order valence-electron chi connectivity index (χ1n) is 8.46. The second-order valence-corrected chi connectivity index (χ2v) is 8.38. The number of nitrogens with zero attached hydrogens (tertiary/aromatic N) is 2. The molecule has 0 aliphatic rings. The van der Waals surface area contributed by atoms with E-state index in [-0.39, 0.29) is 10.8 Å². The molecule has 3 nitrogen and oxygen atoms in total. The van der Waals surface area contributed by atoms with Crippen molar-refractivity contribution in [3.05, 3.63) is 35.5 Å². The van der Waals surface area contributed by atoms with Crippen LogP contribution in [0.3, 0.4) is 0 Å². The molecule has 1 N–H and O–H groups in total. The molecule has 0 bridgehead atoms. The minimum absolute atomic E-state index is 0.119. The first-order chi connectivity index (χ1) is 10.5. The predicted molar refractivity (Wildman–Crippen MR) is 97.0 cm³/mol. The highest BCUT2D eigenvalue weighted by atomic mass is 16.3. The molecule has 1 aromatic heterocycles. The van der Waals surface area contributed by atoms with E-state index in [0.29, 0.717) is 5.75 Å². The monoisotopic (exact) mass is 314 g/mol. The van der Waals surface area contributed by atoms with Crippen molar-refractivity contribution in [3.63, 3.8) is 0 Å². The Balaban J connectivity index is 2.64. The summed E-state index contributed by atoms with van der Waals surface area (Å²) in [4.78, 5) is 0. The Hall–Kier alpha value is -1.77. The van der Waals surface area contributed by atoms with Crippen LogP contribution in [0.1, 0.15) is 66.0 Å². The third kappa shape index (κ3) is 3.77. The Morgan fingerprint density at radius 2 is 1.52 bits per heavy atom. The van der Waals surface area contributed by atoms with E-state index in [2.05, 4.69) is 71.8 Å². The lowest BCUT2D eigenvalue weighted by Crippen LogP contribution is -2.17. The van der Waals surface area contributed by atoms with E-state index in [1.54, 1.807) is 0 Å². The highest BCUT2D eigenvalue weighted by Gasteiger charge is 2.27. The SMILES string of the molecule is CCCn1ccc(-c2cc(C(C)(C)C)c(O)c(C(C)(C)C)c2)n1. The van der Waals surface area contributed by atoms with Crippen LogP contribution in [0.2, 0.25) is 0 Å². The number of aromatic nitrogens is 2. The zero-order valence-electron chi connectivity index (χ0n) is 15.6. The van der Waals surface area contributed by atoms with Gasteiger partial charge in [0.1, 0.15) is 5.75 Å². The van der Waals surface area contributed by atoms with E-state index in [4.69, 9.17) is 0 Å². The standard InChI is InChI=1S/C20H30N2O/c1-8-10-22-11-9-17(21-22)14-12-15(19(2,3)4)18(23)16(13-14)20(5,6)7/h9,11-13,23H,8,10H2,1-7H3. The number of aryl methyl sites for hydroxylation is 1. The second-order valence-electron chi connectivity index (χ2n) is 8.38.